The number of hydrogen-bond acceptors (Lipinski definition) is 1. The topological polar surface area (TPSA) is 33.5 Å². The van der Waals surface area contributed by atoms with Gasteiger partial charge in [0.2, 0.25) is 0 Å². The summed E-state index contributed by atoms with van der Waals surface area (Å²) < 4.78 is 0. The number of nitrogens with one attached hydrogen (secondary N) is 2. The molecule has 2 N–H and O–H groups in total. The van der Waals surface area contributed by atoms with Crippen LogP contribution in [-0.2, 0) is 17.6 Å². The first kappa shape index (κ1) is 15.5. The van der Waals surface area contributed by atoms with Gasteiger partial charge in [-0.3, -0.25) is 4.79 Å². The zero-order valence-electron chi connectivity index (χ0n) is 13.8. The lowest BCUT2D eigenvalue weighted by Gasteiger charge is -2.24. The SMILES string of the molecule is C[C@@H](NC(=O)C[NH+]1CCCCC1)c1ccc2c(c1)CCCC2. The fourth-order valence-electron chi connectivity index (χ4n) is 3.85. The molecule has 1 aliphatic carbocycles. The Kier molecular flexibility index (Phi) is 5.14. The molecule has 1 saturated heterocycles. The van der Waals surface area contributed by atoms with Crippen LogP contribution in [-0.4, -0.2) is 25.5 Å². The zero-order valence-corrected chi connectivity index (χ0v) is 13.8. The molecule has 0 saturated carbocycles. The molecule has 3 rings (SSSR count). The van der Waals surface area contributed by atoms with E-state index in [-0.39, 0.29) is 11.9 Å². The summed E-state index contributed by atoms with van der Waals surface area (Å²) in [5.41, 5.74) is 4.25. The van der Waals surface area contributed by atoms with Gasteiger partial charge in [0, 0.05) is 0 Å². The average Bonchev–Trinajstić information content (AvgIpc) is 2.55. The van der Waals surface area contributed by atoms with Gasteiger partial charge in [-0.1, -0.05) is 18.2 Å². The van der Waals surface area contributed by atoms with E-state index in [2.05, 4.69) is 30.4 Å². The first-order valence-corrected chi connectivity index (χ1v) is 8.97. The van der Waals surface area contributed by atoms with Gasteiger partial charge in [-0.25, -0.2) is 0 Å². The number of fused-ring (bicyclic) bond motifs is 1. The summed E-state index contributed by atoms with van der Waals surface area (Å²) in [5.74, 6) is 0.196. The van der Waals surface area contributed by atoms with Gasteiger partial charge in [-0.2, -0.15) is 0 Å². The lowest BCUT2D eigenvalue weighted by atomic mass is 9.89. The van der Waals surface area contributed by atoms with Crippen LogP contribution >= 0.6 is 0 Å². The number of piperidine rings is 1. The minimum Gasteiger partial charge on any atom is -0.345 e. The predicted molar refractivity (Wildman–Crippen MR) is 89.1 cm³/mol. The molecular weight excluding hydrogens is 272 g/mol. The standard InChI is InChI=1S/C19H28N2O/c1-15(20-19(22)14-21-11-5-2-6-12-21)17-10-9-16-7-3-4-8-18(16)13-17/h9-10,13,15H,2-8,11-12,14H2,1H3,(H,20,22)/p+1/t15-/m1/s1. The van der Waals surface area contributed by atoms with Gasteiger partial charge in [-0.15, -0.1) is 0 Å². The molecule has 1 heterocycles. The van der Waals surface area contributed by atoms with Crippen LogP contribution in [0.25, 0.3) is 0 Å². The third kappa shape index (κ3) is 3.89. The molecule has 1 fully saturated rings. The van der Waals surface area contributed by atoms with Crippen LogP contribution in [0.3, 0.4) is 0 Å². The van der Waals surface area contributed by atoms with Gasteiger partial charge in [0.1, 0.15) is 0 Å². The molecule has 0 bridgehead atoms. The first-order valence-electron chi connectivity index (χ1n) is 8.97. The van der Waals surface area contributed by atoms with E-state index in [4.69, 9.17) is 0 Å². The summed E-state index contributed by atoms with van der Waals surface area (Å²) in [7, 11) is 0. The highest BCUT2D eigenvalue weighted by Crippen LogP contribution is 2.24. The lowest BCUT2D eigenvalue weighted by molar-refractivity contribution is -0.896. The normalized spacial score (nSPS) is 20.2. The Labute approximate surface area is 134 Å². The van der Waals surface area contributed by atoms with Crippen LogP contribution in [0.15, 0.2) is 18.2 Å². The molecule has 0 aromatic heterocycles. The Balaban J connectivity index is 1.56. The summed E-state index contributed by atoms with van der Waals surface area (Å²) in [6.07, 6.45) is 8.89. The maximum atomic E-state index is 12.3. The van der Waals surface area contributed by atoms with Crippen molar-refractivity contribution in [3.05, 3.63) is 34.9 Å². The Hall–Kier alpha value is -1.35. The summed E-state index contributed by atoms with van der Waals surface area (Å²) in [6.45, 7) is 5.05. The molecule has 3 nitrogen and oxygen atoms in total. The second kappa shape index (κ2) is 7.28. The van der Waals surface area contributed by atoms with Crippen LogP contribution in [0.1, 0.15) is 61.8 Å². The molecule has 1 aliphatic heterocycles. The smallest absolute Gasteiger partial charge is 0.275 e. The van der Waals surface area contributed by atoms with E-state index in [0.717, 1.165) is 13.1 Å². The van der Waals surface area contributed by atoms with Gasteiger partial charge in [0.05, 0.1) is 19.1 Å². The number of amides is 1. The molecule has 120 valence electrons. The molecule has 0 unspecified atom stereocenters. The third-order valence-corrected chi connectivity index (χ3v) is 5.22. The highest BCUT2D eigenvalue weighted by molar-refractivity contribution is 5.77. The molecule has 0 spiro atoms. The number of carbonyl (C=O) groups excluding carboxylic acids is 1. The number of carbonyl (C=O) groups is 1. The van der Waals surface area contributed by atoms with Crippen molar-refractivity contribution in [2.45, 2.75) is 57.9 Å². The summed E-state index contributed by atoms with van der Waals surface area (Å²) in [5, 5.41) is 3.19. The molecule has 1 atom stereocenters. The number of likely N-dealkylation sites (tertiary alicyclic amines) is 1. The monoisotopic (exact) mass is 301 g/mol. The third-order valence-electron chi connectivity index (χ3n) is 5.22. The van der Waals surface area contributed by atoms with Crippen molar-refractivity contribution in [2.24, 2.45) is 0 Å². The van der Waals surface area contributed by atoms with Crippen LogP contribution in [0, 0.1) is 0 Å². The van der Waals surface area contributed by atoms with E-state index in [1.165, 1.54) is 66.5 Å². The summed E-state index contributed by atoms with van der Waals surface area (Å²) >= 11 is 0. The van der Waals surface area contributed by atoms with Crippen LogP contribution in [0.2, 0.25) is 0 Å². The first-order chi connectivity index (χ1) is 10.7. The molecule has 3 heteroatoms. The van der Waals surface area contributed by atoms with E-state index in [1.807, 2.05) is 0 Å². The van der Waals surface area contributed by atoms with Gasteiger partial charge in [0.15, 0.2) is 6.54 Å². The van der Waals surface area contributed by atoms with Crippen molar-refractivity contribution < 1.29 is 9.69 Å². The van der Waals surface area contributed by atoms with Gasteiger partial charge in [0.25, 0.3) is 5.91 Å². The van der Waals surface area contributed by atoms with Gasteiger partial charge < -0.3 is 10.2 Å². The van der Waals surface area contributed by atoms with Crippen molar-refractivity contribution in [1.82, 2.24) is 5.32 Å². The maximum absolute atomic E-state index is 12.3. The Morgan fingerprint density at radius 3 is 2.59 bits per heavy atom. The van der Waals surface area contributed by atoms with Gasteiger partial charge in [-0.05, 0) is 68.6 Å². The number of benzene rings is 1. The molecule has 1 aromatic rings. The minimum atomic E-state index is 0.115. The van der Waals surface area contributed by atoms with Crippen molar-refractivity contribution in [3.63, 3.8) is 0 Å². The number of hydrogen-bond donors (Lipinski definition) is 2. The highest BCUT2D eigenvalue weighted by Gasteiger charge is 2.19. The lowest BCUT2D eigenvalue weighted by Crippen LogP contribution is -3.13. The molecule has 22 heavy (non-hydrogen) atoms. The number of aryl methyl sites for hydroxylation is 2. The van der Waals surface area contributed by atoms with Crippen molar-refractivity contribution >= 4 is 5.91 Å². The van der Waals surface area contributed by atoms with E-state index in [1.54, 1.807) is 0 Å². The number of rotatable bonds is 4. The molecule has 1 amide bonds. The van der Waals surface area contributed by atoms with E-state index < -0.39 is 0 Å². The van der Waals surface area contributed by atoms with Crippen molar-refractivity contribution in [3.8, 4) is 0 Å². The van der Waals surface area contributed by atoms with Crippen LogP contribution in [0.4, 0.5) is 0 Å². The molecule has 0 radical (unpaired) electrons. The number of quaternary nitrogens is 1. The second-order valence-corrected chi connectivity index (χ2v) is 7.01. The second-order valence-electron chi connectivity index (χ2n) is 7.01. The van der Waals surface area contributed by atoms with Crippen LogP contribution < -0.4 is 10.2 Å². The fraction of sp³-hybridized carbons (Fsp3) is 0.632. The van der Waals surface area contributed by atoms with E-state index >= 15 is 0 Å². The van der Waals surface area contributed by atoms with Crippen molar-refractivity contribution in [2.75, 3.05) is 19.6 Å². The Morgan fingerprint density at radius 2 is 1.82 bits per heavy atom. The molecular formula is C19H29N2O+. The van der Waals surface area contributed by atoms with Crippen molar-refractivity contribution in [1.29, 1.82) is 0 Å². The highest BCUT2D eigenvalue weighted by atomic mass is 16.2. The fourth-order valence-corrected chi connectivity index (χ4v) is 3.85. The maximum Gasteiger partial charge on any atom is 0.275 e. The predicted octanol–water partition coefficient (Wildman–Crippen LogP) is 1.81. The summed E-state index contributed by atoms with van der Waals surface area (Å²) in [4.78, 5) is 13.7. The molecule has 1 aromatic carbocycles. The largest absolute Gasteiger partial charge is 0.345 e. The van der Waals surface area contributed by atoms with E-state index in [0.29, 0.717) is 6.54 Å². The Bertz CT molecular complexity index is 520. The average molecular weight is 301 g/mol. The van der Waals surface area contributed by atoms with Crippen LogP contribution in [0.5, 0.6) is 0 Å². The zero-order chi connectivity index (χ0) is 15.4. The Morgan fingerprint density at radius 1 is 1.09 bits per heavy atom. The van der Waals surface area contributed by atoms with Gasteiger partial charge >= 0.3 is 0 Å². The quantitative estimate of drug-likeness (QED) is 0.874. The summed E-state index contributed by atoms with van der Waals surface area (Å²) in [6, 6.07) is 6.89. The minimum absolute atomic E-state index is 0.115. The molecule has 2 aliphatic rings. The van der Waals surface area contributed by atoms with E-state index in [9.17, 15) is 4.79 Å².